The van der Waals surface area contributed by atoms with Gasteiger partial charge in [-0.2, -0.15) is 0 Å². The van der Waals surface area contributed by atoms with Crippen LogP contribution in [0.3, 0.4) is 0 Å². The largest absolute Gasteiger partial charge is 0.377 e. The van der Waals surface area contributed by atoms with E-state index in [-0.39, 0.29) is 6.03 Å². The minimum absolute atomic E-state index is 0.0406. The summed E-state index contributed by atoms with van der Waals surface area (Å²) in [4.78, 5) is 14.3. The van der Waals surface area contributed by atoms with E-state index in [9.17, 15) is 4.79 Å². The molecule has 1 N–H and O–H groups in total. The van der Waals surface area contributed by atoms with Gasteiger partial charge < -0.3 is 10.1 Å². The fourth-order valence-electron chi connectivity index (χ4n) is 2.90. The molecule has 1 aliphatic rings. The SMILES string of the molecule is CCOCc1ccccc1CNC(=O)N1CCc2ccccc21. The van der Waals surface area contributed by atoms with Gasteiger partial charge in [0.1, 0.15) is 0 Å². The van der Waals surface area contributed by atoms with Crippen molar-refractivity contribution in [3.8, 4) is 0 Å². The second kappa shape index (κ2) is 7.29. The number of urea groups is 1. The van der Waals surface area contributed by atoms with Gasteiger partial charge in [-0.05, 0) is 36.1 Å². The van der Waals surface area contributed by atoms with Crippen LogP contribution in [0, 0.1) is 0 Å². The molecule has 23 heavy (non-hydrogen) atoms. The zero-order valence-electron chi connectivity index (χ0n) is 13.4. The topological polar surface area (TPSA) is 41.6 Å². The summed E-state index contributed by atoms with van der Waals surface area (Å²) in [6.07, 6.45) is 0.921. The first kappa shape index (κ1) is 15.6. The van der Waals surface area contributed by atoms with E-state index in [1.807, 2.05) is 54.3 Å². The lowest BCUT2D eigenvalue weighted by atomic mass is 10.1. The lowest BCUT2D eigenvalue weighted by molar-refractivity contribution is 0.133. The Morgan fingerprint density at radius 3 is 2.70 bits per heavy atom. The van der Waals surface area contributed by atoms with Crippen LogP contribution in [0.4, 0.5) is 10.5 Å². The highest BCUT2D eigenvalue weighted by Crippen LogP contribution is 2.27. The Labute approximate surface area is 137 Å². The van der Waals surface area contributed by atoms with Crippen molar-refractivity contribution < 1.29 is 9.53 Å². The molecule has 4 heteroatoms. The Morgan fingerprint density at radius 1 is 1.13 bits per heavy atom. The van der Waals surface area contributed by atoms with Gasteiger partial charge in [0.05, 0.1) is 6.61 Å². The van der Waals surface area contributed by atoms with Gasteiger partial charge in [0.25, 0.3) is 0 Å². The van der Waals surface area contributed by atoms with E-state index in [2.05, 4.69) is 11.4 Å². The number of nitrogens with one attached hydrogen (secondary N) is 1. The number of carbonyl (C=O) groups excluding carboxylic acids is 1. The Kier molecular flexibility index (Phi) is 4.93. The summed E-state index contributed by atoms with van der Waals surface area (Å²) in [5, 5.41) is 3.03. The van der Waals surface area contributed by atoms with Crippen molar-refractivity contribution in [1.29, 1.82) is 0 Å². The Balaban J connectivity index is 1.64. The average Bonchev–Trinajstić information content (AvgIpc) is 3.02. The number of fused-ring (bicyclic) bond motifs is 1. The van der Waals surface area contributed by atoms with Crippen molar-refractivity contribution in [2.75, 3.05) is 18.1 Å². The molecule has 2 amide bonds. The van der Waals surface area contributed by atoms with E-state index in [1.54, 1.807) is 0 Å². The van der Waals surface area contributed by atoms with Gasteiger partial charge in [0, 0.05) is 25.4 Å². The molecule has 120 valence electrons. The summed E-state index contributed by atoms with van der Waals surface area (Å²) < 4.78 is 5.49. The molecule has 0 unspecified atom stereocenters. The van der Waals surface area contributed by atoms with Crippen LogP contribution in [0.1, 0.15) is 23.6 Å². The highest BCUT2D eigenvalue weighted by molar-refractivity contribution is 5.94. The molecular weight excluding hydrogens is 288 g/mol. The summed E-state index contributed by atoms with van der Waals surface area (Å²) in [6, 6.07) is 16.1. The van der Waals surface area contributed by atoms with Crippen LogP contribution in [0.25, 0.3) is 0 Å². The molecule has 0 saturated heterocycles. The first-order valence-corrected chi connectivity index (χ1v) is 8.07. The molecule has 0 radical (unpaired) electrons. The van der Waals surface area contributed by atoms with Gasteiger partial charge in [-0.3, -0.25) is 4.90 Å². The quantitative estimate of drug-likeness (QED) is 0.918. The number of anilines is 1. The molecule has 0 atom stereocenters. The van der Waals surface area contributed by atoms with Gasteiger partial charge in [-0.15, -0.1) is 0 Å². The second-order valence-corrected chi connectivity index (χ2v) is 5.59. The van der Waals surface area contributed by atoms with Crippen molar-refractivity contribution in [3.63, 3.8) is 0 Å². The number of para-hydroxylation sites is 1. The number of hydrogen-bond acceptors (Lipinski definition) is 2. The van der Waals surface area contributed by atoms with Gasteiger partial charge >= 0.3 is 6.03 Å². The molecule has 0 aliphatic carbocycles. The fraction of sp³-hybridized carbons (Fsp3) is 0.316. The molecule has 3 rings (SSSR count). The minimum atomic E-state index is -0.0406. The summed E-state index contributed by atoms with van der Waals surface area (Å²) in [7, 11) is 0. The van der Waals surface area contributed by atoms with Crippen molar-refractivity contribution in [2.24, 2.45) is 0 Å². The van der Waals surface area contributed by atoms with Crippen LogP contribution < -0.4 is 10.2 Å². The maximum atomic E-state index is 12.5. The van der Waals surface area contributed by atoms with Gasteiger partial charge in [0.2, 0.25) is 0 Å². The molecule has 2 aromatic rings. The minimum Gasteiger partial charge on any atom is -0.377 e. The van der Waals surface area contributed by atoms with Crippen molar-refractivity contribution in [3.05, 3.63) is 65.2 Å². The number of carbonyl (C=O) groups is 1. The van der Waals surface area contributed by atoms with Crippen molar-refractivity contribution >= 4 is 11.7 Å². The number of amides is 2. The van der Waals surface area contributed by atoms with E-state index >= 15 is 0 Å². The van der Waals surface area contributed by atoms with Crippen molar-refractivity contribution in [2.45, 2.75) is 26.5 Å². The molecule has 0 saturated carbocycles. The molecule has 0 spiro atoms. The summed E-state index contributed by atoms with van der Waals surface area (Å²) in [5.74, 6) is 0. The van der Waals surface area contributed by atoms with E-state index in [0.717, 1.165) is 29.8 Å². The first-order chi connectivity index (χ1) is 11.3. The molecule has 2 aromatic carbocycles. The Hall–Kier alpha value is -2.33. The molecule has 0 fully saturated rings. The van der Waals surface area contributed by atoms with Crippen LogP contribution in [0.2, 0.25) is 0 Å². The van der Waals surface area contributed by atoms with E-state index < -0.39 is 0 Å². The van der Waals surface area contributed by atoms with Crippen LogP contribution in [0.5, 0.6) is 0 Å². The molecule has 0 bridgehead atoms. The Morgan fingerprint density at radius 2 is 1.87 bits per heavy atom. The van der Waals surface area contributed by atoms with E-state index in [1.165, 1.54) is 5.56 Å². The van der Waals surface area contributed by atoms with Crippen LogP contribution in [0.15, 0.2) is 48.5 Å². The number of ether oxygens (including phenoxy) is 1. The standard InChI is InChI=1S/C19H22N2O2/c1-2-23-14-17-9-4-3-8-16(17)13-20-19(22)21-12-11-15-7-5-6-10-18(15)21/h3-10H,2,11-14H2,1H3,(H,20,22). The third-order valence-corrected chi connectivity index (χ3v) is 4.14. The monoisotopic (exact) mass is 310 g/mol. The second-order valence-electron chi connectivity index (χ2n) is 5.59. The highest BCUT2D eigenvalue weighted by atomic mass is 16.5. The lowest BCUT2D eigenvalue weighted by Crippen LogP contribution is -2.38. The summed E-state index contributed by atoms with van der Waals surface area (Å²) in [5.41, 5.74) is 4.48. The van der Waals surface area contributed by atoms with Gasteiger partial charge in [-0.25, -0.2) is 4.79 Å². The predicted octanol–water partition coefficient (Wildman–Crippen LogP) is 3.50. The lowest BCUT2D eigenvalue weighted by Gasteiger charge is -2.19. The molecular formula is C19H22N2O2. The number of benzene rings is 2. The van der Waals surface area contributed by atoms with Crippen molar-refractivity contribution in [1.82, 2.24) is 5.32 Å². The normalized spacial score (nSPS) is 13.0. The summed E-state index contributed by atoms with van der Waals surface area (Å²) in [6.45, 7) is 4.50. The fourth-order valence-corrected chi connectivity index (χ4v) is 2.90. The maximum Gasteiger partial charge on any atom is 0.322 e. The molecule has 1 aliphatic heterocycles. The first-order valence-electron chi connectivity index (χ1n) is 8.07. The highest BCUT2D eigenvalue weighted by Gasteiger charge is 2.23. The van der Waals surface area contributed by atoms with Gasteiger partial charge in [-0.1, -0.05) is 42.5 Å². The molecule has 4 nitrogen and oxygen atoms in total. The van der Waals surface area contributed by atoms with E-state index in [0.29, 0.717) is 19.8 Å². The maximum absolute atomic E-state index is 12.5. The third kappa shape index (κ3) is 3.54. The van der Waals surface area contributed by atoms with Gasteiger partial charge in [0.15, 0.2) is 0 Å². The summed E-state index contributed by atoms with van der Waals surface area (Å²) >= 11 is 0. The number of rotatable bonds is 5. The van der Waals surface area contributed by atoms with Crippen LogP contribution in [-0.2, 0) is 24.3 Å². The van der Waals surface area contributed by atoms with E-state index in [4.69, 9.17) is 4.74 Å². The molecule has 0 aromatic heterocycles. The zero-order valence-corrected chi connectivity index (χ0v) is 13.4. The number of hydrogen-bond donors (Lipinski definition) is 1. The third-order valence-electron chi connectivity index (χ3n) is 4.14. The molecule has 1 heterocycles. The smallest absolute Gasteiger partial charge is 0.322 e. The Bertz CT molecular complexity index is 685. The van der Waals surface area contributed by atoms with Crippen LogP contribution >= 0.6 is 0 Å². The zero-order chi connectivity index (χ0) is 16.1. The predicted molar refractivity (Wildman–Crippen MR) is 91.5 cm³/mol. The number of nitrogens with zero attached hydrogens (tertiary/aromatic N) is 1. The average molecular weight is 310 g/mol. The van der Waals surface area contributed by atoms with Crippen LogP contribution in [-0.4, -0.2) is 19.2 Å².